The summed E-state index contributed by atoms with van der Waals surface area (Å²) in [6.45, 7) is 7.28. The lowest BCUT2D eigenvalue weighted by Gasteiger charge is -2.04. The van der Waals surface area contributed by atoms with E-state index in [0.717, 1.165) is 17.0 Å². The van der Waals surface area contributed by atoms with E-state index in [1.807, 2.05) is 6.92 Å². The van der Waals surface area contributed by atoms with Crippen LogP contribution in [0.1, 0.15) is 28.8 Å². The standard InChI is InChI=1S/C13H19N3O3S2/c1-4-14-6-11-5-12(8-20-11)21(17,18)15-7-13-9(2)16-19-10(13)3/h5,8,14-15H,4,6-7H2,1-3H3. The van der Waals surface area contributed by atoms with Gasteiger partial charge in [-0.3, -0.25) is 0 Å². The fourth-order valence-corrected chi connectivity index (χ4v) is 4.09. The minimum absolute atomic E-state index is 0.182. The van der Waals surface area contributed by atoms with Crippen molar-refractivity contribution < 1.29 is 12.9 Å². The van der Waals surface area contributed by atoms with Gasteiger partial charge >= 0.3 is 0 Å². The molecular formula is C13H19N3O3S2. The summed E-state index contributed by atoms with van der Waals surface area (Å²) in [5.41, 5.74) is 1.48. The summed E-state index contributed by atoms with van der Waals surface area (Å²) in [7, 11) is -3.51. The monoisotopic (exact) mass is 329 g/mol. The Hall–Kier alpha value is -1.22. The van der Waals surface area contributed by atoms with Gasteiger partial charge in [0.25, 0.3) is 0 Å². The summed E-state index contributed by atoms with van der Waals surface area (Å²) in [5, 5.41) is 8.64. The van der Waals surface area contributed by atoms with Crippen LogP contribution in [0.5, 0.6) is 0 Å². The molecule has 2 N–H and O–H groups in total. The summed E-state index contributed by atoms with van der Waals surface area (Å²) in [4.78, 5) is 1.29. The zero-order valence-electron chi connectivity index (χ0n) is 12.3. The Morgan fingerprint density at radius 2 is 2.10 bits per heavy atom. The van der Waals surface area contributed by atoms with Crippen LogP contribution in [0.15, 0.2) is 20.9 Å². The summed E-state index contributed by atoms with van der Waals surface area (Å²) < 4.78 is 32.1. The van der Waals surface area contributed by atoms with Crippen LogP contribution in [0, 0.1) is 13.8 Å². The molecular weight excluding hydrogens is 310 g/mol. The number of aryl methyl sites for hydroxylation is 2. The minimum Gasteiger partial charge on any atom is -0.361 e. The Balaban J connectivity index is 2.06. The topological polar surface area (TPSA) is 84.2 Å². The van der Waals surface area contributed by atoms with E-state index < -0.39 is 10.0 Å². The molecule has 0 aliphatic heterocycles. The van der Waals surface area contributed by atoms with Crippen molar-refractivity contribution in [2.45, 2.75) is 38.8 Å². The second-order valence-corrected chi connectivity index (χ2v) is 7.42. The maximum absolute atomic E-state index is 12.3. The minimum atomic E-state index is -3.51. The molecule has 0 saturated carbocycles. The van der Waals surface area contributed by atoms with E-state index in [2.05, 4.69) is 15.2 Å². The van der Waals surface area contributed by atoms with Crippen molar-refractivity contribution in [2.75, 3.05) is 6.54 Å². The quantitative estimate of drug-likeness (QED) is 0.811. The molecule has 21 heavy (non-hydrogen) atoms. The maximum Gasteiger partial charge on any atom is 0.241 e. The summed E-state index contributed by atoms with van der Waals surface area (Å²) in [6, 6.07) is 1.70. The zero-order chi connectivity index (χ0) is 15.5. The molecule has 0 bridgehead atoms. The lowest BCUT2D eigenvalue weighted by Crippen LogP contribution is -2.23. The Kier molecular flexibility index (Phi) is 5.15. The zero-order valence-corrected chi connectivity index (χ0v) is 13.9. The predicted molar refractivity (Wildman–Crippen MR) is 81.7 cm³/mol. The first-order chi connectivity index (χ1) is 9.94. The fourth-order valence-electron chi connectivity index (χ4n) is 1.85. The van der Waals surface area contributed by atoms with E-state index in [9.17, 15) is 8.42 Å². The van der Waals surface area contributed by atoms with E-state index in [-0.39, 0.29) is 6.54 Å². The van der Waals surface area contributed by atoms with Gasteiger partial charge in [-0.2, -0.15) is 0 Å². The number of aromatic nitrogens is 1. The van der Waals surface area contributed by atoms with Gasteiger partial charge in [-0.15, -0.1) is 11.3 Å². The molecule has 0 aliphatic rings. The molecule has 2 rings (SSSR count). The molecule has 0 radical (unpaired) electrons. The van der Waals surface area contributed by atoms with Crippen LogP contribution in [-0.4, -0.2) is 20.1 Å². The highest BCUT2D eigenvalue weighted by Gasteiger charge is 2.18. The van der Waals surface area contributed by atoms with Gasteiger partial charge in [0.15, 0.2) is 0 Å². The SMILES string of the molecule is CCNCc1cc(S(=O)(=O)NCc2c(C)noc2C)cs1. The number of hydrogen-bond donors (Lipinski definition) is 2. The van der Waals surface area contributed by atoms with Crippen molar-refractivity contribution in [3.05, 3.63) is 33.3 Å². The second kappa shape index (κ2) is 6.69. The van der Waals surface area contributed by atoms with E-state index in [4.69, 9.17) is 4.52 Å². The average molecular weight is 329 g/mol. The lowest BCUT2D eigenvalue weighted by molar-refractivity contribution is 0.392. The van der Waals surface area contributed by atoms with Crippen LogP contribution in [0.3, 0.4) is 0 Å². The molecule has 0 amide bonds. The molecule has 2 aromatic rings. The molecule has 0 fully saturated rings. The van der Waals surface area contributed by atoms with Gasteiger partial charge in [0, 0.05) is 28.9 Å². The maximum atomic E-state index is 12.3. The molecule has 0 atom stereocenters. The second-order valence-electron chi connectivity index (χ2n) is 4.66. The summed E-state index contributed by atoms with van der Waals surface area (Å²) in [5.74, 6) is 0.633. The Labute approximate surface area is 128 Å². The van der Waals surface area contributed by atoms with Crippen LogP contribution in [0.4, 0.5) is 0 Å². The Bertz CT molecular complexity index is 685. The average Bonchev–Trinajstić information content (AvgIpc) is 3.03. The molecule has 2 heterocycles. The largest absolute Gasteiger partial charge is 0.361 e. The fraction of sp³-hybridized carbons (Fsp3) is 0.462. The van der Waals surface area contributed by atoms with E-state index >= 15 is 0 Å². The van der Waals surface area contributed by atoms with Crippen LogP contribution in [0.25, 0.3) is 0 Å². The molecule has 0 spiro atoms. The molecule has 8 heteroatoms. The smallest absolute Gasteiger partial charge is 0.241 e. The molecule has 0 aliphatic carbocycles. The van der Waals surface area contributed by atoms with Gasteiger partial charge in [-0.05, 0) is 26.5 Å². The molecule has 2 aromatic heterocycles. The first kappa shape index (κ1) is 16.2. The van der Waals surface area contributed by atoms with E-state index in [0.29, 0.717) is 22.9 Å². The number of thiophene rings is 1. The van der Waals surface area contributed by atoms with Crippen LogP contribution < -0.4 is 10.0 Å². The van der Waals surface area contributed by atoms with Gasteiger partial charge in [0.2, 0.25) is 10.0 Å². The third-order valence-electron chi connectivity index (χ3n) is 3.11. The van der Waals surface area contributed by atoms with Crippen molar-refractivity contribution in [3.63, 3.8) is 0 Å². The van der Waals surface area contributed by atoms with Gasteiger partial charge in [0.05, 0.1) is 10.6 Å². The number of nitrogens with one attached hydrogen (secondary N) is 2. The molecule has 6 nitrogen and oxygen atoms in total. The Morgan fingerprint density at radius 1 is 1.33 bits per heavy atom. The van der Waals surface area contributed by atoms with Crippen LogP contribution >= 0.6 is 11.3 Å². The first-order valence-corrected chi connectivity index (χ1v) is 9.00. The van der Waals surface area contributed by atoms with Crippen LogP contribution in [0.2, 0.25) is 0 Å². The van der Waals surface area contributed by atoms with Gasteiger partial charge < -0.3 is 9.84 Å². The third kappa shape index (κ3) is 3.91. The summed E-state index contributed by atoms with van der Waals surface area (Å²) in [6.07, 6.45) is 0. The van der Waals surface area contributed by atoms with Gasteiger partial charge in [0.1, 0.15) is 5.76 Å². The normalized spacial score (nSPS) is 12.0. The van der Waals surface area contributed by atoms with Gasteiger partial charge in [-0.25, -0.2) is 13.1 Å². The van der Waals surface area contributed by atoms with Crippen molar-refractivity contribution in [1.82, 2.24) is 15.2 Å². The van der Waals surface area contributed by atoms with Crippen LogP contribution in [-0.2, 0) is 23.1 Å². The van der Waals surface area contributed by atoms with Gasteiger partial charge in [-0.1, -0.05) is 12.1 Å². The molecule has 0 unspecified atom stereocenters. The predicted octanol–water partition coefficient (Wildman–Crippen LogP) is 1.94. The van der Waals surface area contributed by atoms with Crippen molar-refractivity contribution in [1.29, 1.82) is 0 Å². The lowest BCUT2D eigenvalue weighted by atomic mass is 10.2. The number of nitrogens with zero attached hydrogens (tertiary/aromatic N) is 1. The molecule has 0 aromatic carbocycles. The van der Waals surface area contributed by atoms with E-state index in [1.165, 1.54) is 11.3 Å². The van der Waals surface area contributed by atoms with E-state index in [1.54, 1.807) is 25.3 Å². The molecule has 116 valence electrons. The molecule has 0 saturated heterocycles. The highest BCUT2D eigenvalue weighted by molar-refractivity contribution is 7.89. The highest BCUT2D eigenvalue weighted by Crippen LogP contribution is 2.20. The van der Waals surface area contributed by atoms with Crippen molar-refractivity contribution in [3.8, 4) is 0 Å². The first-order valence-electron chi connectivity index (χ1n) is 6.63. The van der Waals surface area contributed by atoms with Crippen molar-refractivity contribution in [2.24, 2.45) is 0 Å². The number of rotatable bonds is 7. The Morgan fingerprint density at radius 3 is 2.71 bits per heavy atom. The highest BCUT2D eigenvalue weighted by atomic mass is 32.2. The number of hydrogen-bond acceptors (Lipinski definition) is 6. The number of sulfonamides is 1. The summed E-state index contributed by atoms with van der Waals surface area (Å²) >= 11 is 1.43. The third-order valence-corrected chi connectivity index (χ3v) is 5.58. The van der Waals surface area contributed by atoms with Crippen molar-refractivity contribution >= 4 is 21.4 Å².